The topological polar surface area (TPSA) is 12.0 Å². The van der Waals surface area contributed by atoms with Gasteiger partial charge in [-0.3, -0.25) is 0 Å². The van der Waals surface area contributed by atoms with Gasteiger partial charge < -0.3 is 5.32 Å². The largest absolute Gasteiger partial charge is 0.359 e. The van der Waals surface area contributed by atoms with E-state index in [9.17, 15) is 0 Å². The van der Waals surface area contributed by atoms with Crippen LogP contribution in [-0.4, -0.2) is 0 Å². The van der Waals surface area contributed by atoms with Crippen molar-refractivity contribution in [2.24, 2.45) is 0 Å². The molecule has 1 aromatic rings. The predicted molar refractivity (Wildman–Crippen MR) is 72.7 cm³/mol. The SMILES string of the molecule is CC1=C(C)Nc2ccccc2C1.CCCC. The first-order chi connectivity index (χ1) is 7.69. The van der Waals surface area contributed by atoms with Gasteiger partial charge in [0, 0.05) is 11.4 Å². The van der Waals surface area contributed by atoms with Crippen molar-refractivity contribution in [3.05, 3.63) is 41.1 Å². The minimum absolute atomic E-state index is 1.09. The van der Waals surface area contributed by atoms with Crippen LogP contribution in [0.2, 0.25) is 0 Å². The molecule has 0 saturated carbocycles. The number of nitrogens with one attached hydrogen (secondary N) is 1. The van der Waals surface area contributed by atoms with Crippen LogP contribution in [0.25, 0.3) is 0 Å². The Labute approximate surface area is 99.6 Å². The Hall–Kier alpha value is -1.24. The second kappa shape index (κ2) is 6.37. The molecule has 0 amide bonds. The van der Waals surface area contributed by atoms with Crippen LogP contribution >= 0.6 is 0 Å². The van der Waals surface area contributed by atoms with Crippen molar-refractivity contribution in [1.29, 1.82) is 0 Å². The van der Waals surface area contributed by atoms with Gasteiger partial charge in [-0.25, -0.2) is 0 Å². The van der Waals surface area contributed by atoms with Gasteiger partial charge in [0.2, 0.25) is 0 Å². The average molecular weight is 217 g/mol. The van der Waals surface area contributed by atoms with Crippen LogP contribution in [0.15, 0.2) is 35.5 Å². The lowest BCUT2D eigenvalue weighted by Crippen LogP contribution is -2.08. The van der Waals surface area contributed by atoms with Crippen molar-refractivity contribution in [2.45, 2.75) is 47.0 Å². The minimum atomic E-state index is 1.09. The number of anilines is 1. The molecule has 1 aliphatic rings. The summed E-state index contributed by atoms with van der Waals surface area (Å²) in [6.07, 6.45) is 3.73. The van der Waals surface area contributed by atoms with Crippen LogP contribution in [0.1, 0.15) is 46.1 Å². The van der Waals surface area contributed by atoms with Gasteiger partial charge in [0.05, 0.1) is 0 Å². The van der Waals surface area contributed by atoms with Crippen molar-refractivity contribution >= 4 is 5.69 Å². The molecule has 2 rings (SSSR count). The van der Waals surface area contributed by atoms with E-state index in [0.29, 0.717) is 0 Å². The molecule has 0 spiro atoms. The molecule has 1 heteroatoms. The first kappa shape index (κ1) is 12.8. The van der Waals surface area contributed by atoms with Crippen LogP contribution in [0.3, 0.4) is 0 Å². The Kier molecular flexibility index (Phi) is 5.10. The third kappa shape index (κ3) is 3.41. The summed E-state index contributed by atoms with van der Waals surface area (Å²) < 4.78 is 0. The van der Waals surface area contributed by atoms with E-state index < -0.39 is 0 Å². The van der Waals surface area contributed by atoms with Gasteiger partial charge in [0.15, 0.2) is 0 Å². The van der Waals surface area contributed by atoms with Crippen LogP contribution in [0.4, 0.5) is 5.69 Å². The van der Waals surface area contributed by atoms with Crippen molar-refractivity contribution in [3.8, 4) is 0 Å². The fraction of sp³-hybridized carbons (Fsp3) is 0.467. The molecule has 16 heavy (non-hydrogen) atoms. The summed E-state index contributed by atoms with van der Waals surface area (Å²) in [5.74, 6) is 0. The Morgan fingerprint density at radius 1 is 1.06 bits per heavy atom. The van der Waals surface area contributed by atoms with Gasteiger partial charge in [-0.1, -0.05) is 44.9 Å². The number of unbranched alkanes of at least 4 members (excludes halogenated alkanes) is 1. The Bertz CT molecular complexity index is 328. The molecule has 0 radical (unpaired) electrons. The van der Waals surface area contributed by atoms with E-state index in [4.69, 9.17) is 0 Å². The highest BCUT2D eigenvalue weighted by Gasteiger charge is 2.09. The molecular weight excluding hydrogens is 194 g/mol. The highest BCUT2D eigenvalue weighted by atomic mass is 14.9. The number of allylic oxidation sites excluding steroid dienone is 2. The van der Waals surface area contributed by atoms with Gasteiger partial charge in [0.1, 0.15) is 0 Å². The lowest BCUT2D eigenvalue weighted by molar-refractivity contribution is 0.886. The third-order valence-corrected chi connectivity index (χ3v) is 2.94. The molecule has 0 aliphatic carbocycles. The van der Waals surface area contributed by atoms with E-state index in [2.05, 4.69) is 57.3 Å². The summed E-state index contributed by atoms with van der Waals surface area (Å²) in [7, 11) is 0. The standard InChI is InChI=1S/C11H13N.C4H10/c1-8-7-10-5-3-4-6-11(10)12-9(8)2;1-3-4-2/h3-6,12H,7H2,1-2H3;3-4H2,1-2H3. The average Bonchev–Trinajstić information content (AvgIpc) is 2.31. The van der Waals surface area contributed by atoms with Crippen LogP contribution in [0, 0.1) is 0 Å². The number of para-hydroxylation sites is 1. The summed E-state index contributed by atoms with van der Waals surface area (Å²) in [6, 6.07) is 8.47. The van der Waals surface area contributed by atoms with Crippen molar-refractivity contribution in [1.82, 2.24) is 0 Å². The number of benzene rings is 1. The first-order valence-corrected chi connectivity index (χ1v) is 6.20. The molecule has 0 aromatic heterocycles. The van der Waals surface area contributed by atoms with Gasteiger partial charge in [-0.2, -0.15) is 0 Å². The summed E-state index contributed by atoms with van der Waals surface area (Å²) in [5.41, 5.74) is 5.41. The molecule has 1 aromatic carbocycles. The Morgan fingerprint density at radius 3 is 2.31 bits per heavy atom. The third-order valence-electron chi connectivity index (χ3n) is 2.94. The highest BCUT2D eigenvalue weighted by Crippen LogP contribution is 2.26. The molecule has 1 aliphatic heterocycles. The second-order valence-corrected chi connectivity index (χ2v) is 4.36. The van der Waals surface area contributed by atoms with Gasteiger partial charge in [-0.15, -0.1) is 0 Å². The number of fused-ring (bicyclic) bond motifs is 1. The fourth-order valence-corrected chi connectivity index (χ4v) is 1.52. The van der Waals surface area contributed by atoms with Crippen molar-refractivity contribution < 1.29 is 0 Å². The summed E-state index contributed by atoms with van der Waals surface area (Å²) in [4.78, 5) is 0. The molecule has 1 nitrogen and oxygen atoms in total. The van der Waals surface area contributed by atoms with Crippen LogP contribution in [0.5, 0.6) is 0 Å². The molecule has 1 heterocycles. The zero-order chi connectivity index (χ0) is 12.0. The normalized spacial score (nSPS) is 13.5. The number of hydrogen-bond donors (Lipinski definition) is 1. The molecule has 0 bridgehead atoms. The van der Waals surface area contributed by atoms with E-state index in [1.54, 1.807) is 0 Å². The van der Waals surface area contributed by atoms with E-state index in [-0.39, 0.29) is 0 Å². The maximum atomic E-state index is 3.39. The highest BCUT2D eigenvalue weighted by molar-refractivity contribution is 5.59. The number of rotatable bonds is 1. The molecule has 1 N–H and O–H groups in total. The van der Waals surface area contributed by atoms with Gasteiger partial charge >= 0.3 is 0 Å². The van der Waals surface area contributed by atoms with Gasteiger partial charge in [-0.05, 0) is 37.5 Å². The smallest absolute Gasteiger partial charge is 0.0417 e. The monoisotopic (exact) mass is 217 g/mol. The molecule has 0 fully saturated rings. The Morgan fingerprint density at radius 2 is 1.69 bits per heavy atom. The Balaban J connectivity index is 0.000000280. The van der Waals surface area contributed by atoms with Crippen molar-refractivity contribution in [2.75, 3.05) is 5.32 Å². The zero-order valence-corrected chi connectivity index (χ0v) is 10.9. The summed E-state index contributed by atoms with van der Waals surface area (Å²) in [5, 5.41) is 3.39. The maximum Gasteiger partial charge on any atom is 0.0417 e. The van der Waals surface area contributed by atoms with Crippen molar-refractivity contribution in [3.63, 3.8) is 0 Å². The molecule has 0 unspecified atom stereocenters. The molecule has 88 valence electrons. The zero-order valence-electron chi connectivity index (χ0n) is 10.9. The molecule has 0 saturated heterocycles. The van der Waals surface area contributed by atoms with E-state index >= 15 is 0 Å². The minimum Gasteiger partial charge on any atom is -0.359 e. The predicted octanol–water partition coefficient (Wildman–Crippen LogP) is 4.75. The molecule has 0 atom stereocenters. The van der Waals surface area contributed by atoms with E-state index in [1.165, 1.54) is 35.4 Å². The van der Waals surface area contributed by atoms with E-state index in [1.807, 2.05) is 0 Å². The fourth-order valence-electron chi connectivity index (χ4n) is 1.52. The second-order valence-electron chi connectivity index (χ2n) is 4.36. The summed E-state index contributed by atoms with van der Waals surface area (Å²) in [6.45, 7) is 8.67. The van der Waals surface area contributed by atoms with Crippen LogP contribution in [-0.2, 0) is 6.42 Å². The van der Waals surface area contributed by atoms with Crippen LogP contribution < -0.4 is 5.32 Å². The quantitative estimate of drug-likeness (QED) is 0.715. The number of hydrogen-bond acceptors (Lipinski definition) is 1. The molecular formula is C15H23N. The first-order valence-electron chi connectivity index (χ1n) is 6.20. The van der Waals surface area contributed by atoms with Gasteiger partial charge in [0.25, 0.3) is 0 Å². The maximum absolute atomic E-state index is 3.39. The summed E-state index contributed by atoms with van der Waals surface area (Å²) >= 11 is 0. The van der Waals surface area contributed by atoms with E-state index in [0.717, 1.165) is 6.42 Å². The lowest BCUT2D eigenvalue weighted by Gasteiger charge is -2.20. The lowest BCUT2D eigenvalue weighted by atomic mass is 9.99.